The van der Waals surface area contributed by atoms with E-state index in [0.717, 1.165) is 6.92 Å². The van der Waals surface area contributed by atoms with Gasteiger partial charge in [0.15, 0.2) is 0 Å². The van der Waals surface area contributed by atoms with Crippen molar-refractivity contribution in [3.63, 3.8) is 0 Å². The van der Waals surface area contributed by atoms with E-state index in [1.165, 1.54) is 0 Å². The minimum absolute atomic E-state index is 0.306. The van der Waals surface area contributed by atoms with Gasteiger partial charge in [0.25, 0.3) is 0 Å². The number of hydrogen-bond acceptors (Lipinski definition) is 2. The zero-order valence-corrected chi connectivity index (χ0v) is 4.97. The summed E-state index contributed by atoms with van der Waals surface area (Å²) in [5.74, 6) is -0.584. The third-order valence-corrected chi connectivity index (χ3v) is 0.875. The van der Waals surface area contributed by atoms with Gasteiger partial charge in [-0.1, -0.05) is 0 Å². The Labute approximate surface area is 51.3 Å². The molecule has 0 aliphatic carbocycles. The van der Waals surface area contributed by atoms with E-state index in [9.17, 15) is 9.59 Å². The van der Waals surface area contributed by atoms with Gasteiger partial charge >= 0.3 is 6.03 Å². The Balaban J connectivity index is 3.83. The van der Waals surface area contributed by atoms with Gasteiger partial charge in [-0.3, -0.25) is 4.79 Å². The number of carbonyl (C=O) groups excluding carboxylic acids is 2. The van der Waals surface area contributed by atoms with Crippen LogP contribution in [-0.2, 0) is 4.79 Å². The average Bonchev–Trinajstić information content (AvgIpc) is 1.64. The van der Waals surface area contributed by atoms with Crippen LogP contribution in [0.15, 0.2) is 0 Å². The molecule has 0 unspecified atom stereocenters. The minimum Gasteiger partial charge on any atom is -0.350 e. The molecular formula is C3H5ClN2O2. The lowest BCUT2D eigenvalue weighted by molar-refractivity contribution is -0.122. The fraction of sp³-hybridized carbons (Fsp3) is 0.333. The van der Waals surface area contributed by atoms with E-state index in [2.05, 4.69) is 5.73 Å². The lowest BCUT2D eigenvalue weighted by Crippen LogP contribution is -2.31. The van der Waals surface area contributed by atoms with Crippen LogP contribution in [0.25, 0.3) is 0 Å². The molecule has 0 aromatic heterocycles. The Hall–Kier alpha value is -0.770. The fourth-order valence-corrected chi connectivity index (χ4v) is 0.155. The molecule has 0 saturated heterocycles. The quantitative estimate of drug-likeness (QED) is 0.479. The highest BCUT2D eigenvalue weighted by Gasteiger charge is 2.09. The molecule has 0 atom stereocenters. The number of rotatable bonds is 0. The van der Waals surface area contributed by atoms with Crippen molar-refractivity contribution >= 4 is 23.7 Å². The van der Waals surface area contributed by atoms with Crippen LogP contribution in [-0.4, -0.2) is 16.4 Å². The van der Waals surface area contributed by atoms with Crippen molar-refractivity contribution < 1.29 is 9.59 Å². The third kappa shape index (κ3) is 1.79. The standard InChI is InChI=1S/C3H5ClN2O2/c1-2(7)6(4)3(5)8/h1H3,(H2,5,8). The number of halogens is 1. The molecule has 0 saturated carbocycles. The largest absolute Gasteiger partial charge is 0.350 e. The van der Waals surface area contributed by atoms with Crippen LogP contribution in [0.5, 0.6) is 0 Å². The molecule has 0 fully saturated rings. The highest BCUT2D eigenvalue weighted by atomic mass is 35.5. The number of nitrogens with zero attached hydrogens (tertiary/aromatic N) is 1. The average molecular weight is 137 g/mol. The number of carbonyl (C=O) groups is 2. The number of nitrogens with two attached hydrogens (primary N) is 1. The van der Waals surface area contributed by atoms with E-state index in [0.29, 0.717) is 4.42 Å². The highest BCUT2D eigenvalue weighted by molar-refractivity contribution is 6.29. The second-order valence-electron chi connectivity index (χ2n) is 1.14. The fourth-order valence-electron chi connectivity index (χ4n) is 0.155. The summed E-state index contributed by atoms with van der Waals surface area (Å²) in [7, 11) is 0. The van der Waals surface area contributed by atoms with Crippen molar-refractivity contribution in [3.8, 4) is 0 Å². The molecule has 0 aromatic carbocycles. The molecule has 0 spiro atoms. The van der Waals surface area contributed by atoms with E-state index >= 15 is 0 Å². The predicted molar refractivity (Wildman–Crippen MR) is 28.0 cm³/mol. The third-order valence-electron chi connectivity index (χ3n) is 0.470. The number of urea groups is 1. The number of hydrogen-bond donors (Lipinski definition) is 1. The lowest BCUT2D eigenvalue weighted by Gasteiger charge is -2.02. The topological polar surface area (TPSA) is 63.4 Å². The van der Waals surface area contributed by atoms with Crippen molar-refractivity contribution in [3.05, 3.63) is 0 Å². The van der Waals surface area contributed by atoms with Crippen LogP contribution in [0.3, 0.4) is 0 Å². The van der Waals surface area contributed by atoms with Crippen LogP contribution < -0.4 is 5.73 Å². The van der Waals surface area contributed by atoms with Crippen molar-refractivity contribution in [2.24, 2.45) is 5.73 Å². The first kappa shape index (κ1) is 7.23. The monoisotopic (exact) mass is 136 g/mol. The summed E-state index contributed by atoms with van der Waals surface area (Å²) >= 11 is 4.96. The van der Waals surface area contributed by atoms with Crippen LogP contribution in [0.2, 0.25) is 0 Å². The number of primary amides is 1. The molecule has 0 aliphatic rings. The van der Waals surface area contributed by atoms with E-state index in [1.54, 1.807) is 0 Å². The summed E-state index contributed by atoms with van der Waals surface area (Å²) in [4.78, 5) is 20.0. The van der Waals surface area contributed by atoms with E-state index in [-0.39, 0.29) is 0 Å². The first-order chi connectivity index (χ1) is 3.55. The van der Waals surface area contributed by atoms with Gasteiger partial charge in [-0.05, 0) is 0 Å². The maximum atomic E-state index is 10.1. The zero-order valence-electron chi connectivity index (χ0n) is 4.22. The van der Waals surface area contributed by atoms with Gasteiger partial charge in [0, 0.05) is 18.7 Å². The van der Waals surface area contributed by atoms with Crippen LogP contribution in [0.4, 0.5) is 4.79 Å². The lowest BCUT2D eigenvalue weighted by atomic mass is 10.7. The second-order valence-corrected chi connectivity index (χ2v) is 1.48. The maximum absolute atomic E-state index is 10.1. The van der Waals surface area contributed by atoms with Crippen LogP contribution >= 0.6 is 11.8 Å². The summed E-state index contributed by atoms with van der Waals surface area (Å²) < 4.78 is 0.306. The molecule has 0 radical (unpaired) electrons. The summed E-state index contributed by atoms with van der Waals surface area (Å²) in [6.07, 6.45) is 0. The first-order valence-corrected chi connectivity index (χ1v) is 2.15. The van der Waals surface area contributed by atoms with Gasteiger partial charge in [0.1, 0.15) is 0 Å². The SMILES string of the molecule is CC(=O)N(Cl)C(N)=O. The molecule has 0 rings (SSSR count). The summed E-state index contributed by atoms with van der Waals surface area (Å²) in [6, 6.07) is -0.959. The number of amides is 3. The molecule has 0 aromatic rings. The van der Waals surface area contributed by atoms with Crippen LogP contribution in [0, 0.1) is 0 Å². The number of imide groups is 1. The Morgan fingerprint density at radius 3 is 2.00 bits per heavy atom. The first-order valence-electron chi connectivity index (χ1n) is 1.81. The Morgan fingerprint density at radius 2 is 2.00 bits per heavy atom. The smallest absolute Gasteiger partial charge is 0.336 e. The Kier molecular flexibility index (Phi) is 2.27. The molecular weight excluding hydrogens is 131 g/mol. The van der Waals surface area contributed by atoms with Crippen molar-refractivity contribution in [2.45, 2.75) is 6.92 Å². The summed E-state index contributed by atoms with van der Waals surface area (Å²) in [5, 5.41) is 0. The Bertz CT molecular complexity index is 110. The van der Waals surface area contributed by atoms with E-state index < -0.39 is 11.9 Å². The van der Waals surface area contributed by atoms with Gasteiger partial charge in [-0.2, -0.15) is 4.42 Å². The van der Waals surface area contributed by atoms with Crippen molar-refractivity contribution in [1.82, 2.24) is 4.42 Å². The molecule has 46 valence electrons. The minimum atomic E-state index is -0.959. The predicted octanol–water partition coefficient (Wildman–Crippen LogP) is 0.0674. The molecule has 0 heterocycles. The second kappa shape index (κ2) is 2.52. The molecule has 2 N–H and O–H groups in total. The highest BCUT2D eigenvalue weighted by Crippen LogP contribution is 1.91. The molecule has 5 heteroatoms. The van der Waals surface area contributed by atoms with Crippen LogP contribution in [0.1, 0.15) is 6.92 Å². The Morgan fingerprint density at radius 1 is 1.62 bits per heavy atom. The molecule has 0 bridgehead atoms. The molecule has 4 nitrogen and oxygen atoms in total. The molecule has 0 aliphatic heterocycles. The van der Waals surface area contributed by atoms with E-state index in [1.807, 2.05) is 0 Å². The van der Waals surface area contributed by atoms with Gasteiger partial charge in [0.05, 0.1) is 0 Å². The van der Waals surface area contributed by atoms with Gasteiger partial charge in [0.2, 0.25) is 5.91 Å². The maximum Gasteiger partial charge on any atom is 0.336 e. The normalized spacial score (nSPS) is 8.25. The van der Waals surface area contributed by atoms with Crippen molar-refractivity contribution in [1.29, 1.82) is 0 Å². The molecule has 8 heavy (non-hydrogen) atoms. The van der Waals surface area contributed by atoms with Crippen molar-refractivity contribution in [2.75, 3.05) is 0 Å². The van der Waals surface area contributed by atoms with Gasteiger partial charge in [-0.25, -0.2) is 4.79 Å². The summed E-state index contributed by atoms with van der Waals surface area (Å²) in [5.41, 5.74) is 4.57. The summed E-state index contributed by atoms with van der Waals surface area (Å²) in [6.45, 7) is 1.14. The van der Waals surface area contributed by atoms with E-state index in [4.69, 9.17) is 11.8 Å². The molecule has 3 amide bonds. The zero-order chi connectivity index (χ0) is 6.73. The van der Waals surface area contributed by atoms with Gasteiger partial charge < -0.3 is 5.73 Å². The van der Waals surface area contributed by atoms with Gasteiger partial charge in [-0.15, -0.1) is 0 Å².